The Balaban J connectivity index is 1.30. The third kappa shape index (κ3) is 4.93. The Kier molecular flexibility index (Phi) is 6.81. The van der Waals surface area contributed by atoms with Gasteiger partial charge in [0.1, 0.15) is 5.82 Å². The molecule has 2 heterocycles. The van der Waals surface area contributed by atoms with Crippen molar-refractivity contribution in [3.8, 4) is 17.1 Å². The van der Waals surface area contributed by atoms with Crippen LogP contribution in [0.1, 0.15) is 5.56 Å². The zero-order valence-electron chi connectivity index (χ0n) is 19.5. The van der Waals surface area contributed by atoms with E-state index in [1.54, 1.807) is 12.1 Å². The van der Waals surface area contributed by atoms with Gasteiger partial charge in [0.2, 0.25) is 5.91 Å². The molecule has 1 aliphatic rings. The van der Waals surface area contributed by atoms with Crippen LogP contribution in [0.3, 0.4) is 0 Å². The van der Waals surface area contributed by atoms with Gasteiger partial charge < -0.3 is 9.80 Å². The molecule has 8 heteroatoms. The number of carbonyl (C=O) groups excluding carboxylic acids is 1. The summed E-state index contributed by atoms with van der Waals surface area (Å²) >= 11 is 1.39. The maximum Gasteiger partial charge on any atom is 0.233 e. The number of aromatic nitrogens is 3. The van der Waals surface area contributed by atoms with Crippen molar-refractivity contribution in [2.75, 3.05) is 36.8 Å². The van der Waals surface area contributed by atoms with Crippen LogP contribution in [0.5, 0.6) is 0 Å². The third-order valence-electron chi connectivity index (χ3n) is 6.17. The smallest absolute Gasteiger partial charge is 0.233 e. The van der Waals surface area contributed by atoms with E-state index in [9.17, 15) is 9.18 Å². The second-order valence-corrected chi connectivity index (χ2v) is 9.34. The van der Waals surface area contributed by atoms with Crippen LogP contribution in [0.25, 0.3) is 17.1 Å². The fraction of sp³-hybridized carbons (Fsp3) is 0.222. The minimum Gasteiger partial charge on any atom is -0.366 e. The van der Waals surface area contributed by atoms with Gasteiger partial charge in [-0.05, 0) is 30.7 Å². The van der Waals surface area contributed by atoms with Gasteiger partial charge in [-0.2, -0.15) is 0 Å². The molecule has 1 fully saturated rings. The molecule has 1 amide bonds. The Morgan fingerprint density at radius 2 is 1.51 bits per heavy atom. The number of nitrogens with zero attached hydrogens (tertiary/aromatic N) is 5. The highest BCUT2D eigenvalue weighted by Gasteiger charge is 2.24. The number of amides is 1. The first-order valence-electron chi connectivity index (χ1n) is 11.6. The summed E-state index contributed by atoms with van der Waals surface area (Å²) in [5, 5.41) is 9.59. The van der Waals surface area contributed by atoms with Crippen molar-refractivity contribution in [3.05, 3.63) is 90.2 Å². The number of anilines is 1. The SMILES string of the molecule is Cc1ccccc1-n1c(SCC(=O)N2CCN(c3ccccc3F)CC2)nnc1-c1ccccc1. The lowest BCUT2D eigenvalue weighted by Gasteiger charge is -2.36. The highest BCUT2D eigenvalue weighted by atomic mass is 32.2. The first-order chi connectivity index (χ1) is 17.1. The van der Waals surface area contributed by atoms with Crippen LogP contribution in [0, 0.1) is 12.7 Å². The molecule has 5 rings (SSSR count). The molecular formula is C27H26FN5OS. The van der Waals surface area contributed by atoms with E-state index in [1.807, 2.05) is 69.0 Å². The number of aryl methyl sites for hydroxylation is 1. The molecule has 4 aromatic rings. The van der Waals surface area contributed by atoms with Crippen LogP contribution in [-0.4, -0.2) is 57.5 Å². The zero-order chi connectivity index (χ0) is 24.2. The maximum atomic E-state index is 14.1. The van der Waals surface area contributed by atoms with Gasteiger partial charge in [-0.15, -0.1) is 10.2 Å². The normalized spacial score (nSPS) is 13.8. The molecule has 0 unspecified atom stereocenters. The number of hydrogen-bond donors (Lipinski definition) is 0. The molecule has 0 radical (unpaired) electrons. The molecule has 1 aliphatic heterocycles. The Morgan fingerprint density at radius 3 is 2.23 bits per heavy atom. The number of hydrogen-bond acceptors (Lipinski definition) is 5. The summed E-state index contributed by atoms with van der Waals surface area (Å²) in [5.41, 5.74) is 3.64. The van der Waals surface area contributed by atoms with Crippen LogP contribution < -0.4 is 4.90 Å². The summed E-state index contributed by atoms with van der Waals surface area (Å²) in [4.78, 5) is 16.9. The molecule has 0 aliphatic carbocycles. The number of piperazine rings is 1. The minimum atomic E-state index is -0.229. The number of thioether (sulfide) groups is 1. The van der Waals surface area contributed by atoms with E-state index in [1.165, 1.54) is 17.8 Å². The average Bonchev–Trinajstić information content (AvgIpc) is 3.32. The van der Waals surface area contributed by atoms with Crippen molar-refractivity contribution in [1.29, 1.82) is 0 Å². The molecule has 0 saturated carbocycles. The fourth-order valence-corrected chi connectivity index (χ4v) is 5.14. The third-order valence-corrected chi connectivity index (χ3v) is 7.09. The summed E-state index contributed by atoms with van der Waals surface area (Å²) < 4.78 is 16.2. The van der Waals surface area contributed by atoms with Gasteiger partial charge in [0.25, 0.3) is 0 Å². The molecule has 35 heavy (non-hydrogen) atoms. The van der Waals surface area contributed by atoms with Crippen LogP contribution in [-0.2, 0) is 4.79 Å². The molecule has 3 aromatic carbocycles. The monoisotopic (exact) mass is 487 g/mol. The predicted octanol–water partition coefficient (Wildman–Crippen LogP) is 4.82. The first-order valence-corrected chi connectivity index (χ1v) is 12.6. The van der Waals surface area contributed by atoms with E-state index in [0.29, 0.717) is 37.0 Å². The van der Waals surface area contributed by atoms with Crippen LogP contribution in [0.2, 0.25) is 0 Å². The topological polar surface area (TPSA) is 54.3 Å². The van der Waals surface area contributed by atoms with E-state index < -0.39 is 0 Å². The molecule has 0 N–H and O–H groups in total. The summed E-state index contributed by atoms with van der Waals surface area (Å²) in [6, 6.07) is 24.8. The highest BCUT2D eigenvalue weighted by Crippen LogP contribution is 2.29. The van der Waals surface area contributed by atoms with Crippen molar-refractivity contribution in [3.63, 3.8) is 0 Å². The van der Waals surface area contributed by atoms with Crippen molar-refractivity contribution in [2.45, 2.75) is 12.1 Å². The number of halogens is 1. The number of benzene rings is 3. The Labute approximate surface area is 208 Å². The van der Waals surface area contributed by atoms with Crippen LogP contribution in [0.15, 0.2) is 84.0 Å². The van der Waals surface area contributed by atoms with Crippen LogP contribution >= 0.6 is 11.8 Å². The van der Waals surface area contributed by atoms with E-state index in [4.69, 9.17) is 0 Å². The van der Waals surface area contributed by atoms with Gasteiger partial charge in [0.05, 0.1) is 17.1 Å². The molecule has 178 valence electrons. The van der Waals surface area contributed by atoms with Crippen molar-refractivity contribution in [1.82, 2.24) is 19.7 Å². The second kappa shape index (κ2) is 10.3. The molecule has 1 saturated heterocycles. The lowest BCUT2D eigenvalue weighted by Crippen LogP contribution is -2.49. The average molecular weight is 488 g/mol. The van der Waals surface area contributed by atoms with E-state index in [-0.39, 0.29) is 17.5 Å². The summed E-state index contributed by atoms with van der Waals surface area (Å²) in [6.45, 7) is 4.39. The Morgan fingerprint density at radius 1 is 0.857 bits per heavy atom. The van der Waals surface area contributed by atoms with Gasteiger partial charge in [-0.3, -0.25) is 9.36 Å². The molecule has 1 aromatic heterocycles. The first kappa shape index (κ1) is 23.1. The lowest BCUT2D eigenvalue weighted by atomic mass is 10.1. The summed E-state index contributed by atoms with van der Waals surface area (Å²) in [7, 11) is 0. The van der Waals surface area contributed by atoms with Crippen molar-refractivity contribution in [2.24, 2.45) is 0 Å². The largest absolute Gasteiger partial charge is 0.366 e. The van der Waals surface area contributed by atoms with Gasteiger partial charge >= 0.3 is 0 Å². The van der Waals surface area contributed by atoms with Crippen molar-refractivity contribution < 1.29 is 9.18 Å². The number of rotatable bonds is 6. The maximum absolute atomic E-state index is 14.1. The molecule has 0 spiro atoms. The second-order valence-electron chi connectivity index (χ2n) is 8.40. The number of para-hydroxylation sites is 2. The molecule has 0 bridgehead atoms. The van der Waals surface area contributed by atoms with Gasteiger partial charge in [-0.1, -0.05) is 72.4 Å². The Bertz CT molecular complexity index is 1320. The van der Waals surface area contributed by atoms with E-state index in [2.05, 4.69) is 23.2 Å². The lowest BCUT2D eigenvalue weighted by molar-refractivity contribution is -0.128. The number of carbonyl (C=O) groups is 1. The summed E-state index contributed by atoms with van der Waals surface area (Å²) in [5.74, 6) is 0.822. The van der Waals surface area contributed by atoms with E-state index in [0.717, 1.165) is 22.6 Å². The Hall–Kier alpha value is -3.65. The van der Waals surface area contributed by atoms with Crippen LogP contribution in [0.4, 0.5) is 10.1 Å². The highest BCUT2D eigenvalue weighted by molar-refractivity contribution is 7.99. The quantitative estimate of drug-likeness (QED) is 0.365. The van der Waals surface area contributed by atoms with E-state index >= 15 is 0 Å². The minimum absolute atomic E-state index is 0.0452. The standard InChI is InChI=1S/C27H26FN5OS/c1-20-9-5-7-13-23(20)33-26(21-10-3-2-4-11-21)29-30-27(33)35-19-25(34)32-17-15-31(16-18-32)24-14-8-6-12-22(24)28/h2-14H,15-19H2,1H3. The zero-order valence-corrected chi connectivity index (χ0v) is 20.3. The van der Waals surface area contributed by atoms with Gasteiger partial charge in [-0.25, -0.2) is 4.39 Å². The molecular weight excluding hydrogens is 461 g/mol. The fourth-order valence-electron chi connectivity index (χ4n) is 4.29. The predicted molar refractivity (Wildman–Crippen MR) is 137 cm³/mol. The molecule has 6 nitrogen and oxygen atoms in total. The molecule has 0 atom stereocenters. The van der Waals surface area contributed by atoms with Gasteiger partial charge in [0.15, 0.2) is 11.0 Å². The summed E-state index contributed by atoms with van der Waals surface area (Å²) in [6.07, 6.45) is 0. The van der Waals surface area contributed by atoms with Crippen molar-refractivity contribution >= 4 is 23.4 Å². The van der Waals surface area contributed by atoms with Gasteiger partial charge in [0, 0.05) is 31.7 Å².